The highest BCUT2D eigenvalue weighted by molar-refractivity contribution is 4.82. The molecule has 0 radical (unpaired) electrons. The van der Waals surface area contributed by atoms with Crippen LogP contribution in [0.4, 0.5) is 0 Å². The second kappa shape index (κ2) is 4.94. The highest BCUT2D eigenvalue weighted by atomic mass is 16.5. The van der Waals surface area contributed by atoms with E-state index in [1.807, 2.05) is 7.05 Å². The highest BCUT2D eigenvalue weighted by Gasteiger charge is 2.30. The summed E-state index contributed by atoms with van der Waals surface area (Å²) in [6.07, 6.45) is 2.42. The zero-order chi connectivity index (χ0) is 9.73. The van der Waals surface area contributed by atoms with Crippen molar-refractivity contribution in [1.29, 1.82) is 0 Å². The summed E-state index contributed by atoms with van der Waals surface area (Å²) in [4.78, 5) is 2.34. The van der Waals surface area contributed by atoms with Crippen LogP contribution in [0.25, 0.3) is 0 Å². The molecule has 1 saturated heterocycles. The minimum atomic E-state index is 0.114. The third-order valence-electron chi connectivity index (χ3n) is 2.65. The molecule has 1 aliphatic heterocycles. The van der Waals surface area contributed by atoms with Crippen LogP contribution in [-0.2, 0) is 4.74 Å². The highest BCUT2D eigenvalue weighted by Crippen LogP contribution is 2.25. The summed E-state index contributed by atoms with van der Waals surface area (Å²) < 4.78 is 5.73. The predicted octanol–water partition coefficient (Wildman–Crippen LogP) is 0.707. The van der Waals surface area contributed by atoms with Crippen LogP contribution in [0.5, 0.6) is 0 Å². The second-order valence-electron chi connectivity index (χ2n) is 4.24. The van der Waals surface area contributed by atoms with E-state index in [9.17, 15) is 0 Å². The quantitative estimate of drug-likeness (QED) is 0.684. The fraction of sp³-hybridized carbons (Fsp3) is 1.00. The van der Waals surface area contributed by atoms with Crippen LogP contribution in [0.1, 0.15) is 19.8 Å². The predicted molar refractivity (Wildman–Crippen MR) is 55.0 cm³/mol. The van der Waals surface area contributed by atoms with Gasteiger partial charge in [-0.25, -0.2) is 0 Å². The summed E-state index contributed by atoms with van der Waals surface area (Å²) in [7, 11) is 4.14. The Labute approximate surface area is 81.4 Å². The molecule has 0 spiro atoms. The van der Waals surface area contributed by atoms with E-state index in [0.717, 1.165) is 26.2 Å². The maximum atomic E-state index is 5.73. The van der Waals surface area contributed by atoms with Crippen molar-refractivity contribution in [2.45, 2.75) is 25.4 Å². The smallest absolute Gasteiger partial charge is 0.0781 e. The Morgan fingerprint density at radius 3 is 2.85 bits per heavy atom. The van der Waals surface area contributed by atoms with Gasteiger partial charge in [-0.2, -0.15) is 0 Å². The molecule has 0 amide bonds. The third-order valence-corrected chi connectivity index (χ3v) is 2.65. The van der Waals surface area contributed by atoms with E-state index in [1.165, 1.54) is 12.8 Å². The lowest BCUT2D eigenvalue weighted by atomic mass is 10.0. The lowest BCUT2D eigenvalue weighted by Crippen LogP contribution is -2.40. The van der Waals surface area contributed by atoms with E-state index in [0.29, 0.717) is 0 Å². The van der Waals surface area contributed by atoms with Crippen molar-refractivity contribution in [1.82, 2.24) is 10.2 Å². The van der Waals surface area contributed by atoms with Crippen molar-refractivity contribution >= 4 is 0 Å². The van der Waals surface area contributed by atoms with Gasteiger partial charge in [-0.1, -0.05) is 0 Å². The number of hydrogen-bond acceptors (Lipinski definition) is 3. The number of rotatable bonds is 5. The molecule has 1 atom stereocenters. The van der Waals surface area contributed by atoms with Crippen molar-refractivity contribution in [3.63, 3.8) is 0 Å². The first kappa shape index (κ1) is 11.0. The van der Waals surface area contributed by atoms with Gasteiger partial charge in [0.15, 0.2) is 0 Å². The van der Waals surface area contributed by atoms with Crippen molar-refractivity contribution < 1.29 is 4.74 Å². The summed E-state index contributed by atoms with van der Waals surface area (Å²) in [5.41, 5.74) is 0.114. The fourth-order valence-electron chi connectivity index (χ4n) is 1.91. The van der Waals surface area contributed by atoms with Gasteiger partial charge in [0.1, 0.15) is 0 Å². The second-order valence-corrected chi connectivity index (χ2v) is 4.24. The van der Waals surface area contributed by atoms with Gasteiger partial charge in [-0.3, -0.25) is 0 Å². The molecule has 1 unspecified atom stereocenters. The van der Waals surface area contributed by atoms with Crippen LogP contribution in [0.2, 0.25) is 0 Å². The third kappa shape index (κ3) is 3.63. The van der Waals surface area contributed by atoms with Gasteiger partial charge in [0.2, 0.25) is 0 Å². The van der Waals surface area contributed by atoms with Gasteiger partial charge < -0.3 is 15.0 Å². The Morgan fingerprint density at radius 1 is 1.54 bits per heavy atom. The fourth-order valence-corrected chi connectivity index (χ4v) is 1.91. The maximum absolute atomic E-state index is 5.73. The van der Waals surface area contributed by atoms with Crippen LogP contribution >= 0.6 is 0 Å². The molecule has 78 valence electrons. The molecule has 1 rings (SSSR count). The van der Waals surface area contributed by atoms with E-state index >= 15 is 0 Å². The number of hydrogen-bond donors (Lipinski definition) is 1. The molecule has 3 nitrogen and oxygen atoms in total. The van der Waals surface area contributed by atoms with E-state index in [1.54, 1.807) is 0 Å². The van der Waals surface area contributed by atoms with Gasteiger partial charge in [0.25, 0.3) is 0 Å². The summed E-state index contributed by atoms with van der Waals surface area (Å²) in [5, 5.41) is 3.15. The molecular formula is C10H22N2O. The molecule has 3 heteroatoms. The van der Waals surface area contributed by atoms with E-state index in [-0.39, 0.29) is 5.60 Å². The number of ether oxygens (including phenoxy) is 1. The Bertz CT molecular complexity index is 144. The zero-order valence-electron chi connectivity index (χ0n) is 9.10. The Kier molecular flexibility index (Phi) is 4.16. The van der Waals surface area contributed by atoms with E-state index in [2.05, 4.69) is 24.2 Å². The van der Waals surface area contributed by atoms with Gasteiger partial charge in [-0.05, 0) is 33.9 Å². The average molecular weight is 186 g/mol. The Morgan fingerprint density at radius 2 is 2.31 bits per heavy atom. The molecule has 0 bridgehead atoms. The standard InChI is InChI=1S/C10H22N2O/c1-10(5-4-8-13-10)9-12(3)7-6-11-2/h11H,4-9H2,1-3H3. The largest absolute Gasteiger partial charge is 0.374 e. The summed E-state index contributed by atoms with van der Waals surface area (Å²) in [6, 6.07) is 0. The molecule has 1 fully saturated rings. The topological polar surface area (TPSA) is 24.5 Å². The van der Waals surface area contributed by atoms with Crippen molar-refractivity contribution in [3.05, 3.63) is 0 Å². The maximum Gasteiger partial charge on any atom is 0.0781 e. The summed E-state index contributed by atoms with van der Waals surface area (Å²) in [6.45, 7) is 6.35. The van der Waals surface area contributed by atoms with Crippen molar-refractivity contribution in [2.24, 2.45) is 0 Å². The molecule has 1 N–H and O–H groups in total. The Balaban J connectivity index is 2.21. The van der Waals surface area contributed by atoms with E-state index < -0.39 is 0 Å². The molecule has 0 aromatic carbocycles. The number of nitrogens with zero attached hydrogens (tertiary/aromatic N) is 1. The lowest BCUT2D eigenvalue weighted by molar-refractivity contribution is -0.00313. The number of likely N-dealkylation sites (N-methyl/N-ethyl adjacent to an activating group) is 2. The molecule has 1 heterocycles. The minimum absolute atomic E-state index is 0.114. The molecule has 0 saturated carbocycles. The summed E-state index contributed by atoms with van der Waals surface area (Å²) >= 11 is 0. The molecule has 13 heavy (non-hydrogen) atoms. The molecule has 0 aromatic heterocycles. The summed E-state index contributed by atoms with van der Waals surface area (Å²) in [5.74, 6) is 0. The SMILES string of the molecule is CNCCN(C)CC1(C)CCCO1. The van der Waals surface area contributed by atoms with Crippen molar-refractivity contribution in [2.75, 3.05) is 40.3 Å². The molecule has 0 aliphatic carbocycles. The molecule has 1 aliphatic rings. The van der Waals surface area contributed by atoms with E-state index in [4.69, 9.17) is 4.74 Å². The minimum Gasteiger partial charge on any atom is -0.374 e. The first-order valence-corrected chi connectivity index (χ1v) is 5.13. The van der Waals surface area contributed by atoms with Crippen LogP contribution in [-0.4, -0.2) is 50.8 Å². The van der Waals surface area contributed by atoms with Crippen molar-refractivity contribution in [3.8, 4) is 0 Å². The van der Waals surface area contributed by atoms with Gasteiger partial charge in [0, 0.05) is 26.2 Å². The molecule has 0 aromatic rings. The first-order valence-electron chi connectivity index (χ1n) is 5.13. The van der Waals surface area contributed by atoms with Gasteiger partial charge >= 0.3 is 0 Å². The number of nitrogens with one attached hydrogen (secondary N) is 1. The lowest BCUT2D eigenvalue weighted by Gasteiger charge is -2.29. The van der Waals surface area contributed by atoms with Crippen LogP contribution < -0.4 is 5.32 Å². The van der Waals surface area contributed by atoms with Crippen LogP contribution in [0.15, 0.2) is 0 Å². The monoisotopic (exact) mass is 186 g/mol. The Hall–Kier alpha value is -0.120. The van der Waals surface area contributed by atoms with Gasteiger partial charge in [0.05, 0.1) is 5.60 Å². The first-order chi connectivity index (χ1) is 6.16. The molecular weight excluding hydrogens is 164 g/mol. The van der Waals surface area contributed by atoms with Crippen LogP contribution in [0, 0.1) is 0 Å². The zero-order valence-corrected chi connectivity index (χ0v) is 9.10. The van der Waals surface area contributed by atoms with Crippen LogP contribution in [0.3, 0.4) is 0 Å². The average Bonchev–Trinajstić information content (AvgIpc) is 2.48. The van der Waals surface area contributed by atoms with Gasteiger partial charge in [-0.15, -0.1) is 0 Å². The normalized spacial score (nSPS) is 28.6.